The minimum atomic E-state index is -0.199. The molecule has 1 aromatic heterocycles. The minimum Gasteiger partial charge on any atom is -0.268 e. The lowest BCUT2D eigenvalue weighted by Gasteiger charge is -1.92. The van der Waals surface area contributed by atoms with Gasteiger partial charge in [0.2, 0.25) is 0 Å². The summed E-state index contributed by atoms with van der Waals surface area (Å²) in [6, 6.07) is 4.77. The number of rotatable bonds is 1. The van der Waals surface area contributed by atoms with E-state index in [1.807, 2.05) is 14.0 Å². The first-order valence-electron chi connectivity index (χ1n) is 4.33. The Morgan fingerprint density at radius 2 is 2.23 bits per heavy atom. The summed E-state index contributed by atoms with van der Waals surface area (Å²) in [4.78, 5) is 0. The molecule has 0 bridgehead atoms. The van der Waals surface area contributed by atoms with Crippen LogP contribution in [0.2, 0.25) is 0 Å². The number of aromatic nitrogens is 2. The van der Waals surface area contributed by atoms with Crippen LogP contribution in [0.4, 0.5) is 4.39 Å². The maximum Gasteiger partial charge on any atom is 0.124 e. The molecule has 1 aromatic carbocycles. The van der Waals surface area contributed by atoms with E-state index in [2.05, 4.69) is 5.10 Å². The van der Waals surface area contributed by atoms with Gasteiger partial charge in [-0.15, -0.1) is 0 Å². The van der Waals surface area contributed by atoms with Crippen molar-refractivity contribution in [1.29, 1.82) is 0 Å². The number of fused-ring (bicyclic) bond motifs is 1. The third-order valence-corrected chi connectivity index (χ3v) is 2.22. The quantitative estimate of drug-likeness (QED) is 0.655. The van der Waals surface area contributed by atoms with Crippen LogP contribution in [-0.2, 0) is 13.5 Å². The highest BCUT2D eigenvalue weighted by atomic mass is 19.1. The molecule has 0 amide bonds. The summed E-state index contributed by atoms with van der Waals surface area (Å²) in [5, 5.41) is 5.22. The molecule has 2 aromatic rings. The van der Waals surface area contributed by atoms with Gasteiger partial charge in [0.05, 0.1) is 11.2 Å². The van der Waals surface area contributed by atoms with Gasteiger partial charge < -0.3 is 0 Å². The predicted octanol–water partition coefficient (Wildman–Crippen LogP) is 2.27. The minimum absolute atomic E-state index is 0.199. The zero-order chi connectivity index (χ0) is 9.42. The van der Waals surface area contributed by atoms with Crippen molar-refractivity contribution < 1.29 is 4.39 Å². The van der Waals surface area contributed by atoms with E-state index in [0.29, 0.717) is 0 Å². The summed E-state index contributed by atoms with van der Waals surface area (Å²) in [5.74, 6) is -0.199. The average Bonchev–Trinajstić information content (AvgIpc) is 2.42. The van der Waals surface area contributed by atoms with Gasteiger partial charge in [-0.25, -0.2) is 4.39 Å². The molecular formula is C10H11FN2. The van der Waals surface area contributed by atoms with Crippen molar-refractivity contribution >= 4 is 10.9 Å². The first-order valence-corrected chi connectivity index (χ1v) is 4.33. The Labute approximate surface area is 76.0 Å². The number of aryl methyl sites for hydroxylation is 2. The average molecular weight is 178 g/mol. The molecule has 0 N–H and O–H groups in total. The fourth-order valence-corrected chi connectivity index (χ4v) is 1.57. The van der Waals surface area contributed by atoms with Crippen LogP contribution >= 0.6 is 0 Å². The van der Waals surface area contributed by atoms with Crippen LogP contribution in [0.5, 0.6) is 0 Å². The first kappa shape index (κ1) is 8.23. The molecule has 2 nitrogen and oxygen atoms in total. The standard InChI is InChI=1S/C10H11FN2/c1-3-9-8-6-7(11)4-5-10(8)13(2)12-9/h4-6H,3H2,1-2H3. The third-order valence-electron chi connectivity index (χ3n) is 2.22. The van der Waals surface area contributed by atoms with Crippen LogP contribution in [0.3, 0.4) is 0 Å². The second-order valence-corrected chi connectivity index (χ2v) is 3.09. The fourth-order valence-electron chi connectivity index (χ4n) is 1.57. The van der Waals surface area contributed by atoms with Crippen molar-refractivity contribution in [1.82, 2.24) is 9.78 Å². The zero-order valence-electron chi connectivity index (χ0n) is 7.71. The van der Waals surface area contributed by atoms with Crippen molar-refractivity contribution in [2.45, 2.75) is 13.3 Å². The SMILES string of the molecule is CCc1nn(C)c2ccc(F)cc12. The Bertz CT molecular complexity index is 445. The largest absolute Gasteiger partial charge is 0.268 e. The highest BCUT2D eigenvalue weighted by Crippen LogP contribution is 2.19. The molecule has 0 fully saturated rings. The Balaban J connectivity index is 2.81. The molecule has 0 aliphatic heterocycles. The van der Waals surface area contributed by atoms with Crippen molar-refractivity contribution in [3.63, 3.8) is 0 Å². The number of hydrogen-bond donors (Lipinski definition) is 0. The summed E-state index contributed by atoms with van der Waals surface area (Å²) in [6.07, 6.45) is 0.834. The molecule has 0 aliphatic rings. The van der Waals surface area contributed by atoms with Crippen molar-refractivity contribution in [2.75, 3.05) is 0 Å². The van der Waals surface area contributed by atoms with Gasteiger partial charge in [0.1, 0.15) is 5.82 Å². The van der Waals surface area contributed by atoms with Crippen LogP contribution in [0, 0.1) is 5.82 Å². The molecule has 2 rings (SSSR count). The smallest absolute Gasteiger partial charge is 0.124 e. The van der Waals surface area contributed by atoms with Crippen molar-refractivity contribution in [2.24, 2.45) is 7.05 Å². The van der Waals surface area contributed by atoms with Gasteiger partial charge in [0, 0.05) is 12.4 Å². The molecule has 0 saturated carbocycles. The summed E-state index contributed by atoms with van der Waals surface area (Å²) in [5.41, 5.74) is 1.94. The fraction of sp³-hybridized carbons (Fsp3) is 0.300. The van der Waals surface area contributed by atoms with E-state index in [-0.39, 0.29) is 5.82 Å². The van der Waals surface area contributed by atoms with Gasteiger partial charge in [-0.05, 0) is 24.6 Å². The molecule has 0 radical (unpaired) electrons. The van der Waals surface area contributed by atoms with Gasteiger partial charge in [-0.3, -0.25) is 4.68 Å². The van der Waals surface area contributed by atoms with E-state index in [0.717, 1.165) is 23.0 Å². The van der Waals surface area contributed by atoms with Gasteiger partial charge >= 0.3 is 0 Å². The second-order valence-electron chi connectivity index (χ2n) is 3.09. The lowest BCUT2D eigenvalue weighted by atomic mass is 10.2. The summed E-state index contributed by atoms with van der Waals surface area (Å²) in [7, 11) is 1.87. The van der Waals surface area contributed by atoms with E-state index in [1.165, 1.54) is 6.07 Å². The molecule has 0 unspecified atom stereocenters. The Kier molecular flexibility index (Phi) is 1.79. The van der Waals surface area contributed by atoms with Gasteiger partial charge in [0.15, 0.2) is 0 Å². The predicted molar refractivity (Wildman–Crippen MR) is 50.1 cm³/mol. The molecule has 0 atom stereocenters. The topological polar surface area (TPSA) is 17.8 Å². The van der Waals surface area contributed by atoms with E-state index >= 15 is 0 Å². The van der Waals surface area contributed by atoms with Crippen LogP contribution in [0.25, 0.3) is 10.9 Å². The van der Waals surface area contributed by atoms with E-state index in [9.17, 15) is 4.39 Å². The third kappa shape index (κ3) is 1.20. The molecule has 13 heavy (non-hydrogen) atoms. The summed E-state index contributed by atoms with van der Waals surface area (Å²) >= 11 is 0. The van der Waals surface area contributed by atoms with Crippen LogP contribution in [0.15, 0.2) is 18.2 Å². The Morgan fingerprint density at radius 1 is 1.46 bits per heavy atom. The normalized spacial score (nSPS) is 11.0. The Hall–Kier alpha value is -1.38. The van der Waals surface area contributed by atoms with Gasteiger partial charge in [-0.1, -0.05) is 6.92 Å². The van der Waals surface area contributed by atoms with E-state index < -0.39 is 0 Å². The maximum atomic E-state index is 12.9. The van der Waals surface area contributed by atoms with E-state index in [1.54, 1.807) is 16.8 Å². The summed E-state index contributed by atoms with van der Waals surface area (Å²) < 4.78 is 14.7. The molecule has 0 saturated heterocycles. The Morgan fingerprint density at radius 3 is 2.92 bits per heavy atom. The van der Waals surface area contributed by atoms with Crippen LogP contribution in [0.1, 0.15) is 12.6 Å². The van der Waals surface area contributed by atoms with Crippen LogP contribution in [-0.4, -0.2) is 9.78 Å². The molecule has 68 valence electrons. The number of hydrogen-bond acceptors (Lipinski definition) is 1. The molecule has 0 aliphatic carbocycles. The first-order chi connectivity index (χ1) is 6.22. The van der Waals surface area contributed by atoms with E-state index in [4.69, 9.17) is 0 Å². The molecule has 3 heteroatoms. The zero-order valence-corrected chi connectivity index (χ0v) is 7.71. The van der Waals surface area contributed by atoms with Crippen molar-refractivity contribution in [3.8, 4) is 0 Å². The summed E-state index contributed by atoms with van der Waals surface area (Å²) in [6.45, 7) is 2.02. The lowest BCUT2D eigenvalue weighted by molar-refractivity contribution is 0.629. The number of benzene rings is 1. The molecule has 1 heterocycles. The van der Waals surface area contributed by atoms with Crippen molar-refractivity contribution in [3.05, 3.63) is 29.7 Å². The molecule has 0 spiro atoms. The highest BCUT2D eigenvalue weighted by Gasteiger charge is 2.06. The van der Waals surface area contributed by atoms with Gasteiger partial charge in [0.25, 0.3) is 0 Å². The maximum absolute atomic E-state index is 12.9. The van der Waals surface area contributed by atoms with Gasteiger partial charge in [-0.2, -0.15) is 5.10 Å². The number of nitrogens with zero attached hydrogens (tertiary/aromatic N) is 2. The van der Waals surface area contributed by atoms with Crippen LogP contribution < -0.4 is 0 Å². The second kappa shape index (κ2) is 2.83. The molecular weight excluding hydrogens is 167 g/mol. The highest BCUT2D eigenvalue weighted by molar-refractivity contribution is 5.81. The lowest BCUT2D eigenvalue weighted by Crippen LogP contribution is -1.90. The monoisotopic (exact) mass is 178 g/mol. The number of halogens is 1.